The van der Waals surface area contributed by atoms with Gasteiger partial charge in [0.2, 0.25) is 0 Å². The number of amides is 1. The van der Waals surface area contributed by atoms with E-state index in [-0.39, 0.29) is 18.2 Å². The maximum Gasteiger partial charge on any atom is 0.410 e. The lowest BCUT2D eigenvalue weighted by atomic mass is 9.85. The summed E-state index contributed by atoms with van der Waals surface area (Å²) in [4.78, 5) is 26.2. The molecule has 2 N–H and O–H groups in total. The van der Waals surface area contributed by atoms with Gasteiger partial charge < -0.3 is 19.8 Å². The zero-order chi connectivity index (χ0) is 26.7. The molecule has 2 unspecified atom stereocenters. The van der Waals surface area contributed by atoms with Gasteiger partial charge in [-0.2, -0.15) is 0 Å². The maximum absolute atomic E-state index is 13.3. The Labute approximate surface area is 218 Å². The van der Waals surface area contributed by atoms with Crippen LogP contribution < -0.4 is 0 Å². The number of nitrogens with zero attached hydrogens (tertiary/aromatic N) is 1. The molecule has 0 heterocycles. The molecule has 6 nitrogen and oxygen atoms in total. The second kappa shape index (κ2) is 10.8. The first-order valence-electron chi connectivity index (χ1n) is 12.7. The van der Waals surface area contributed by atoms with Crippen molar-refractivity contribution in [2.45, 2.75) is 64.7 Å². The molecular weight excluding hydrogens is 466 g/mol. The van der Waals surface area contributed by atoms with Gasteiger partial charge in [0.05, 0.1) is 18.2 Å². The number of aromatic carboxylic acids is 1. The van der Waals surface area contributed by atoms with Crippen LogP contribution in [-0.4, -0.2) is 45.4 Å². The molecule has 0 spiro atoms. The molecule has 1 aliphatic carbocycles. The lowest BCUT2D eigenvalue weighted by molar-refractivity contribution is 0.00194. The molecule has 6 heteroatoms. The molecule has 0 radical (unpaired) electrons. The number of benzene rings is 3. The van der Waals surface area contributed by atoms with Crippen LogP contribution in [0.4, 0.5) is 4.79 Å². The first kappa shape index (κ1) is 26.4. The minimum absolute atomic E-state index is 0.118. The number of carboxylic acid groups (broad SMARTS) is 1. The lowest BCUT2D eigenvalue weighted by Crippen LogP contribution is -2.47. The van der Waals surface area contributed by atoms with Gasteiger partial charge in [-0.3, -0.25) is 0 Å². The van der Waals surface area contributed by atoms with Crippen molar-refractivity contribution in [3.05, 3.63) is 94.5 Å². The summed E-state index contributed by atoms with van der Waals surface area (Å²) < 4.78 is 5.75. The van der Waals surface area contributed by atoms with E-state index in [9.17, 15) is 19.8 Å². The Balaban J connectivity index is 1.58. The second-order valence-corrected chi connectivity index (χ2v) is 10.8. The van der Waals surface area contributed by atoms with Gasteiger partial charge in [-0.15, -0.1) is 0 Å². The predicted molar refractivity (Wildman–Crippen MR) is 144 cm³/mol. The van der Waals surface area contributed by atoms with Crippen LogP contribution in [0.3, 0.4) is 0 Å². The zero-order valence-corrected chi connectivity index (χ0v) is 21.9. The molecule has 3 aromatic rings. The molecule has 4 rings (SSSR count). The van der Waals surface area contributed by atoms with E-state index >= 15 is 0 Å². The van der Waals surface area contributed by atoms with Crippen molar-refractivity contribution in [2.24, 2.45) is 0 Å². The average molecular weight is 502 g/mol. The molecule has 1 amide bonds. The Bertz CT molecular complexity index is 1260. The highest BCUT2D eigenvalue weighted by Crippen LogP contribution is 2.31. The minimum atomic E-state index is -0.949. The van der Waals surface area contributed by atoms with Crippen molar-refractivity contribution in [1.82, 2.24) is 4.90 Å². The number of carbonyl (C=O) groups is 2. The van der Waals surface area contributed by atoms with Crippen molar-refractivity contribution in [3.8, 4) is 11.1 Å². The largest absolute Gasteiger partial charge is 0.478 e. The smallest absolute Gasteiger partial charge is 0.410 e. The van der Waals surface area contributed by atoms with Crippen LogP contribution in [0.5, 0.6) is 0 Å². The summed E-state index contributed by atoms with van der Waals surface area (Å²) in [6.07, 6.45) is 0.995. The van der Waals surface area contributed by atoms with Crippen LogP contribution in [-0.2, 0) is 17.6 Å². The summed E-state index contributed by atoms with van der Waals surface area (Å²) in [5.41, 5.74) is 5.81. The fourth-order valence-electron chi connectivity index (χ4n) is 4.76. The van der Waals surface area contributed by atoms with Gasteiger partial charge in [0, 0.05) is 6.04 Å². The van der Waals surface area contributed by atoms with Crippen LogP contribution in [0, 0.1) is 6.92 Å². The van der Waals surface area contributed by atoms with E-state index in [2.05, 4.69) is 18.2 Å². The third kappa shape index (κ3) is 6.57. The summed E-state index contributed by atoms with van der Waals surface area (Å²) in [5.74, 6) is -0.949. The minimum Gasteiger partial charge on any atom is -0.478 e. The normalized spacial score (nSPS) is 16.0. The predicted octanol–water partition coefficient (Wildman–Crippen LogP) is 6.19. The Hall–Kier alpha value is -3.64. The van der Waals surface area contributed by atoms with E-state index in [1.807, 2.05) is 64.1 Å². The first-order valence-corrected chi connectivity index (χ1v) is 12.7. The highest BCUT2D eigenvalue weighted by molar-refractivity contribution is 5.88. The molecule has 0 fully saturated rings. The molecule has 0 aromatic heterocycles. The van der Waals surface area contributed by atoms with Crippen LogP contribution in [0.15, 0.2) is 66.7 Å². The van der Waals surface area contributed by atoms with E-state index in [4.69, 9.17) is 4.74 Å². The fourth-order valence-corrected chi connectivity index (χ4v) is 4.76. The van der Waals surface area contributed by atoms with Gasteiger partial charge >= 0.3 is 12.1 Å². The van der Waals surface area contributed by atoms with Gasteiger partial charge in [-0.1, -0.05) is 60.2 Å². The standard InChI is InChI=1S/C31H35NO5/c1-20-5-7-23(8-6-20)28(33)19-32(30(36)37-31(2,3)4)27-16-15-22-11-14-25(17-26(22)18-27)21-9-12-24(13-10-21)29(34)35/h5-14,17,27-28,33H,15-16,18-19H2,1-4H3,(H,34,35). The van der Waals surface area contributed by atoms with E-state index in [1.54, 1.807) is 17.0 Å². The summed E-state index contributed by atoms with van der Waals surface area (Å²) in [7, 11) is 0. The quantitative estimate of drug-likeness (QED) is 0.421. The summed E-state index contributed by atoms with van der Waals surface area (Å²) in [6, 6.07) is 20.7. The number of aliphatic hydroxyl groups is 1. The second-order valence-electron chi connectivity index (χ2n) is 10.8. The highest BCUT2D eigenvalue weighted by atomic mass is 16.6. The zero-order valence-electron chi connectivity index (χ0n) is 21.9. The van der Waals surface area contributed by atoms with Crippen LogP contribution in [0.1, 0.15) is 65.9 Å². The van der Waals surface area contributed by atoms with Gasteiger partial charge in [-0.05, 0) is 86.9 Å². The van der Waals surface area contributed by atoms with Gasteiger partial charge in [0.25, 0.3) is 0 Å². The van der Waals surface area contributed by atoms with Gasteiger partial charge in [0.15, 0.2) is 0 Å². The SMILES string of the molecule is Cc1ccc(C(O)CN(C(=O)OC(C)(C)C)C2CCc3ccc(-c4ccc(C(=O)O)cc4)cc3C2)cc1. The fraction of sp³-hybridized carbons (Fsp3) is 0.355. The van der Waals surface area contributed by atoms with Crippen molar-refractivity contribution in [3.63, 3.8) is 0 Å². The molecule has 0 saturated carbocycles. The van der Waals surface area contributed by atoms with Crippen LogP contribution in [0.2, 0.25) is 0 Å². The number of rotatable bonds is 6. The molecule has 37 heavy (non-hydrogen) atoms. The number of aliphatic hydroxyl groups excluding tert-OH is 1. The monoisotopic (exact) mass is 501 g/mol. The first-order chi connectivity index (χ1) is 17.5. The van der Waals surface area contributed by atoms with E-state index in [1.165, 1.54) is 5.56 Å². The van der Waals surface area contributed by atoms with Crippen LogP contribution in [0.25, 0.3) is 11.1 Å². The summed E-state index contributed by atoms with van der Waals surface area (Å²) in [6.45, 7) is 7.68. The summed E-state index contributed by atoms with van der Waals surface area (Å²) >= 11 is 0. The Morgan fingerprint density at radius 2 is 1.62 bits per heavy atom. The summed E-state index contributed by atoms with van der Waals surface area (Å²) in [5, 5.41) is 20.2. The van der Waals surface area contributed by atoms with Crippen molar-refractivity contribution in [2.75, 3.05) is 6.54 Å². The number of carboxylic acids is 1. The van der Waals surface area contributed by atoms with E-state index in [0.717, 1.165) is 40.7 Å². The van der Waals surface area contributed by atoms with E-state index in [0.29, 0.717) is 6.42 Å². The Morgan fingerprint density at radius 1 is 0.973 bits per heavy atom. The number of fused-ring (bicyclic) bond motifs is 1. The molecule has 2 atom stereocenters. The van der Waals surface area contributed by atoms with Crippen molar-refractivity contribution >= 4 is 12.1 Å². The number of aryl methyl sites for hydroxylation is 2. The van der Waals surface area contributed by atoms with Gasteiger partial charge in [-0.25, -0.2) is 9.59 Å². The number of hydrogen-bond acceptors (Lipinski definition) is 4. The molecule has 0 bridgehead atoms. The molecule has 3 aromatic carbocycles. The van der Waals surface area contributed by atoms with Crippen LogP contribution >= 0.6 is 0 Å². The molecule has 194 valence electrons. The molecule has 1 aliphatic rings. The number of carbonyl (C=O) groups excluding carboxylic acids is 1. The molecule has 0 aliphatic heterocycles. The molecular formula is C31H35NO5. The third-order valence-corrected chi connectivity index (χ3v) is 6.77. The highest BCUT2D eigenvalue weighted by Gasteiger charge is 2.33. The topological polar surface area (TPSA) is 87.1 Å². The van der Waals surface area contributed by atoms with Gasteiger partial charge in [0.1, 0.15) is 5.60 Å². The average Bonchev–Trinajstić information content (AvgIpc) is 2.86. The Morgan fingerprint density at radius 3 is 2.24 bits per heavy atom. The number of hydrogen-bond donors (Lipinski definition) is 2. The van der Waals surface area contributed by atoms with Crippen molar-refractivity contribution in [1.29, 1.82) is 0 Å². The maximum atomic E-state index is 13.3. The number of ether oxygens (including phenoxy) is 1. The lowest BCUT2D eigenvalue weighted by Gasteiger charge is -2.37. The molecule has 0 saturated heterocycles. The van der Waals surface area contributed by atoms with E-state index < -0.39 is 23.8 Å². The Kier molecular flexibility index (Phi) is 7.69. The third-order valence-electron chi connectivity index (χ3n) is 6.77. The van der Waals surface area contributed by atoms with Crippen molar-refractivity contribution < 1.29 is 24.5 Å².